The van der Waals surface area contributed by atoms with E-state index in [0.717, 1.165) is 12.5 Å². The van der Waals surface area contributed by atoms with E-state index in [4.69, 9.17) is 9.47 Å². The Balaban J connectivity index is 2.51. The first-order chi connectivity index (χ1) is 8.02. The van der Waals surface area contributed by atoms with E-state index in [1.807, 2.05) is 13.8 Å². The Morgan fingerprint density at radius 1 is 1.44 bits per heavy atom. The molecule has 3 nitrogen and oxygen atoms in total. The van der Waals surface area contributed by atoms with Crippen LogP contribution in [0.2, 0.25) is 24.2 Å². The fourth-order valence-corrected chi connectivity index (χ4v) is 4.18. The van der Waals surface area contributed by atoms with Crippen LogP contribution < -0.4 is 0 Å². The molecule has 0 radical (unpaired) electrons. The van der Waals surface area contributed by atoms with E-state index in [-0.39, 0.29) is 12.1 Å². The monoisotopic (exact) mass is 272 g/mol. The van der Waals surface area contributed by atoms with Crippen LogP contribution in [0.3, 0.4) is 0 Å². The van der Waals surface area contributed by atoms with Gasteiger partial charge in [0, 0.05) is 6.42 Å². The van der Waals surface area contributed by atoms with Gasteiger partial charge in [-0.3, -0.25) is 0 Å². The predicted octanol–water partition coefficient (Wildman–Crippen LogP) is 3.61. The van der Waals surface area contributed by atoms with Crippen LogP contribution in [-0.2, 0) is 14.3 Å². The summed E-state index contributed by atoms with van der Waals surface area (Å²) in [6.07, 6.45) is 1.04. The molecule has 1 rings (SSSR count). The van der Waals surface area contributed by atoms with Gasteiger partial charge in [-0.25, -0.2) is 4.79 Å². The molecule has 0 aromatic rings. The molecule has 1 heterocycles. The molecular formula is C14H28O3Si. The number of carbonyl (C=O) groups excluding carboxylic acids is 1. The van der Waals surface area contributed by atoms with E-state index in [0.29, 0.717) is 11.6 Å². The van der Waals surface area contributed by atoms with Gasteiger partial charge in [0.25, 0.3) is 0 Å². The molecule has 0 bridgehead atoms. The molecule has 0 saturated carbocycles. The molecule has 1 fully saturated rings. The van der Waals surface area contributed by atoms with Crippen LogP contribution in [0.15, 0.2) is 0 Å². The molecule has 106 valence electrons. The van der Waals surface area contributed by atoms with Crippen LogP contribution in [-0.4, -0.2) is 32.4 Å². The molecule has 18 heavy (non-hydrogen) atoms. The van der Waals surface area contributed by atoms with Gasteiger partial charge in [-0.15, -0.1) is 0 Å². The van der Waals surface area contributed by atoms with Gasteiger partial charge in [0.1, 0.15) is 0 Å². The molecule has 0 aromatic heterocycles. The van der Waals surface area contributed by atoms with Crippen LogP contribution in [0.1, 0.15) is 41.0 Å². The number of rotatable bonds is 4. The number of carbonyl (C=O) groups is 1. The van der Waals surface area contributed by atoms with Gasteiger partial charge >= 0.3 is 5.97 Å². The zero-order valence-corrected chi connectivity index (χ0v) is 13.9. The van der Waals surface area contributed by atoms with Crippen LogP contribution in [0.4, 0.5) is 0 Å². The number of ether oxygens (including phenoxy) is 2. The van der Waals surface area contributed by atoms with Crippen molar-refractivity contribution in [2.75, 3.05) is 6.61 Å². The maximum absolute atomic E-state index is 11.7. The van der Waals surface area contributed by atoms with Crippen molar-refractivity contribution < 1.29 is 14.3 Å². The van der Waals surface area contributed by atoms with Crippen LogP contribution in [0.5, 0.6) is 0 Å². The lowest BCUT2D eigenvalue weighted by molar-refractivity contribution is -0.216. The molecule has 0 unspecified atom stereocenters. The number of hydrogen-bond donors (Lipinski definition) is 0. The van der Waals surface area contributed by atoms with Crippen molar-refractivity contribution >= 4 is 14.0 Å². The highest BCUT2D eigenvalue weighted by molar-refractivity contribution is 6.80. The molecule has 0 spiro atoms. The van der Waals surface area contributed by atoms with Crippen molar-refractivity contribution in [1.29, 1.82) is 0 Å². The second-order valence-corrected chi connectivity index (χ2v) is 12.9. The Bertz CT molecular complexity index is 311. The largest absolute Gasteiger partial charge is 0.464 e. The van der Waals surface area contributed by atoms with Gasteiger partial charge in [-0.05, 0) is 24.9 Å². The summed E-state index contributed by atoms with van der Waals surface area (Å²) in [7, 11) is -1.33. The first kappa shape index (κ1) is 15.7. The summed E-state index contributed by atoms with van der Waals surface area (Å²) < 4.78 is 10.9. The SMILES string of the molecule is CCOC(=O)[C@@]1(C)C[C@H](C[Si](C)(C)C(C)(C)C)O1. The number of hydrogen-bond acceptors (Lipinski definition) is 3. The minimum atomic E-state index is -1.33. The normalized spacial score (nSPS) is 28.7. The van der Waals surface area contributed by atoms with Crippen molar-refractivity contribution in [3.05, 3.63) is 0 Å². The average Bonchev–Trinajstić information content (AvgIpc) is 2.13. The molecule has 0 N–H and O–H groups in total. The lowest BCUT2D eigenvalue weighted by Crippen LogP contribution is -2.57. The van der Waals surface area contributed by atoms with Gasteiger partial charge in [0.2, 0.25) is 0 Å². The zero-order chi connectivity index (χ0) is 14.2. The van der Waals surface area contributed by atoms with Gasteiger partial charge in [-0.2, -0.15) is 0 Å². The highest BCUT2D eigenvalue weighted by Crippen LogP contribution is 2.44. The lowest BCUT2D eigenvalue weighted by atomic mass is 9.92. The Morgan fingerprint density at radius 3 is 2.33 bits per heavy atom. The maximum Gasteiger partial charge on any atom is 0.338 e. The summed E-state index contributed by atoms with van der Waals surface area (Å²) >= 11 is 0. The van der Waals surface area contributed by atoms with Crippen molar-refractivity contribution in [3.8, 4) is 0 Å². The molecular weight excluding hydrogens is 244 g/mol. The van der Waals surface area contributed by atoms with E-state index in [2.05, 4.69) is 33.9 Å². The molecule has 0 aromatic carbocycles. The Kier molecular flexibility index (Phi) is 4.33. The van der Waals surface area contributed by atoms with E-state index in [1.54, 1.807) is 0 Å². The van der Waals surface area contributed by atoms with Crippen molar-refractivity contribution in [3.63, 3.8) is 0 Å². The molecule has 1 aliphatic heterocycles. The standard InChI is InChI=1S/C14H28O3Si/c1-8-16-12(15)14(5)9-11(17-14)10-18(6,7)13(2,3)4/h11H,8-10H2,1-7H3/t11-,14-/m1/s1. The smallest absolute Gasteiger partial charge is 0.338 e. The molecule has 1 saturated heterocycles. The average molecular weight is 272 g/mol. The molecule has 4 heteroatoms. The third-order valence-electron chi connectivity index (χ3n) is 4.52. The van der Waals surface area contributed by atoms with Gasteiger partial charge in [0.15, 0.2) is 5.60 Å². The molecule has 0 aliphatic carbocycles. The van der Waals surface area contributed by atoms with Crippen LogP contribution >= 0.6 is 0 Å². The van der Waals surface area contributed by atoms with Crippen molar-refractivity contribution in [2.24, 2.45) is 0 Å². The fourth-order valence-electron chi connectivity index (χ4n) is 2.20. The van der Waals surface area contributed by atoms with Crippen molar-refractivity contribution in [1.82, 2.24) is 0 Å². The Labute approximate surface area is 112 Å². The topological polar surface area (TPSA) is 35.5 Å². The summed E-state index contributed by atoms with van der Waals surface area (Å²) in [6, 6.07) is 1.12. The molecule has 2 atom stereocenters. The molecule has 1 aliphatic rings. The van der Waals surface area contributed by atoms with Crippen molar-refractivity contribution in [2.45, 2.75) is 76.9 Å². The third-order valence-corrected chi connectivity index (χ3v) is 10.1. The first-order valence-electron chi connectivity index (χ1n) is 6.87. The van der Waals surface area contributed by atoms with E-state index in [9.17, 15) is 4.79 Å². The molecule has 0 amide bonds. The second-order valence-electron chi connectivity index (χ2n) is 7.23. The summed E-state index contributed by atoms with van der Waals surface area (Å²) in [5.41, 5.74) is -0.691. The summed E-state index contributed by atoms with van der Waals surface area (Å²) in [5, 5.41) is 0.367. The Hall–Kier alpha value is -0.353. The van der Waals surface area contributed by atoms with Crippen LogP contribution in [0, 0.1) is 0 Å². The van der Waals surface area contributed by atoms with E-state index in [1.165, 1.54) is 0 Å². The van der Waals surface area contributed by atoms with Crippen LogP contribution in [0.25, 0.3) is 0 Å². The Morgan fingerprint density at radius 2 is 1.94 bits per heavy atom. The fraction of sp³-hybridized carbons (Fsp3) is 0.929. The number of esters is 1. The second kappa shape index (κ2) is 4.97. The quantitative estimate of drug-likeness (QED) is 0.579. The minimum absolute atomic E-state index is 0.212. The van der Waals surface area contributed by atoms with E-state index >= 15 is 0 Å². The summed E-state index contributed by atoms with van der Waals surface area (Å²) in [4.78, 5) is 11.7. The summed E-state index contributed by atoms with van der Waals surface area (Å²) in [5.74, 6) is -0.212. The third kappa shape index (κ3) is 3.15. The highest BCUT2D eigenvalue weighted by atomic mass is 28.3. The summed E-state index contributed by atoms with van der Waals surface area (Å²) in [6.45, 7) is 15.8. The van der Waals surface area contributed by atoms with Gasteiger partial charge in [-0.1, -0.05) is 33.9 Å². The first-order valence-corrected chi connectivity index (χ1v) is 10.1. The maximum atomic E-state index is 11.7. The minimum Gasteiger partial charge on any atom is -0.464 e. The predicted molar refractivity (Wildman–Crippen MR) is 76.5 cm³/mol. The van der Waals surface area contributed by atoms with Gasteiger partial charge < -0.3 is 9.47 Å². The zero-order valence-electron chi connectivity index (χ0n) is 12.9. The lowest BCUT2D eigenvalue weighted by Gasteiger charge is -2.48. The highest BCUT2D eigenvalue weighted by Gasteiger charge is 2.51. The van der Waals surface area contributed by atoms with Gasteiger partial charge in [0.05, 0.1) is 20.8 Å². The van der Waals surface area contributed by atoms with E-state index < -0.39 is 13.7 Å².